The number of carbonyl (C=O) groups is 3. The lowest BCUT2D eigenvalue weighted by molar-refractivity contribution is -0.429. The summed E-state index contributed by atoms with van der Waals surface area (Å²) >= 11 is 0. The zero-order valence-electron chi connectivity index (χ0n) is 16.6. The third-order valence-corrected chi connectivity index (χ3v) is 4.09. The molecule has 0 aliphatic carbocycles. The zero-order valence-corrected chi connectivity index (χ0v) is 16.6. The van der Waals surface area contributed by atoms with E-state index in [1.807, 2.05) is 0 Å². The maximum atomic E-state index is 12.5. The fraction of sp³-hybridized carbons (Fsp3) is 0.143. The first kappa shape index (κ1) is 22.5. The van der Waals surface area contributed by atoms with Gasteiger partial charge in [-0.1, -0.05) is 0 Å². The largest absolute Gasteiger partial charge is 0.410 e. The van der Waals surface area contributed by atoms with Gasteiger partial charge in [-0.25, -0.2) is 14.4 Å². The summed E-state index contributed by atoms with van der Waals surface area (Å²) < 4.78 is 14.9. The van der Waals surface area contributed by atoms with Crippen LogP contribution in [-0.2, 0) is 14.2 Å². The van der Waals surface area contributed by atoms with Crippen LogP contribution in [0.5, 0.6) is 0 Å². The maximum Gasteiger partial charge on any atom is 0.406 e. The Labute approximate surface area is 181 Å². The molecule has 0 unspecified atom stereocenters. The van der Waals surface area contributed by atoms with Crippen LogP contribution in [0.25, 0.3) is 0 Å². The average molecular weight is 439 g/mol. The summed E-state index contributed by atoms with van der Waals surface area (Å²) in [6, 6.07) is 8.24. The number of carbonyl (C=O) groups excluding carboxylic acids is 3. The molecule has 11 nitrogen and oxygen atoms in total. The van der Waals surface area contributed by atoms with E-state index in [2.05, 4.69) is 15.0 Å². The molecule has 32 heavy (non-hydrogen) atoms. The molecule has 3 aromatic rings. The van der Waals surface area contributed by atoms with Gasteiger partial charge in [0.05, 0.1) is 16.7 Å². The molecule has 2 N–H and O–H groups in total. The lowest BCUT2D eigenvalue weighted by Gasteiger charge is -2.37. The highest BCUT2D eigenvalue weighted by molar-refractivity contribution is 5.91. The number of hydrogen-bond acceptors (Lipinski definition) is 11. The molecule has 0 atom stereocenters. The van der Waals surface area contributed by atoms with Crippen molar-refractivity contribution in [3.05, 3.63) is 90.3 Å². The Morgan fingerprint density at radius 3 is 1.34 bits per heavy atom. The van der Waals surface area contributed by atoms with E-state index in [-0.39, 0.29) is 16.7 Å². The molecule has 0 aliphatic rings. The minimum atomic E-state index is -3.60. The van der Waals surface area contributed by atoms with Gasteiger partial charge in [0.25, 0.3) is 0 Å². The summed E-state index contributed by atoms with van der Waals surface area (Å²) in [7, 11) is 0. The fourth-order valence-corrected chi connectivity index (χ4v) is 2.36. The topological polar surface area (TPSA) is 158 Å². The molecule has 3 rings (SSSR count). The smallest absolute Gasteiger partial charge is 0.406 e. The first-order valence-corrected chi connectivity index (χ1v) is 9.07. The van der Waals surface area contributed by atoms with Crippen LogP contribution in [0.3, 0.4) is 0 Å². The Hall–Kier alpha value is -4.22. The van der Waals surface area contributed by atoms with Crippen molar-refractivity contribution >= 4 is 17.9 Å². The van der Waals surface area contributed by atoms with Crippen molar-refractivity contribution < 1.29 is 38.8 Å². The summed E-state index contributed by atoms with van der Waals surface area (Å²) in [6.45, 7) is 0.839. The van der Waals surface area contributed by atoms with Crippen LogP contribution in [0, 0.1) is 0 Å². The fourth-order valence-electron chi connectivity index (χ4n) is 2.36. The van der Waals surface area contributed by atoms with Crippen LogP contribution in [0.2, 0.25) is 0 Å². The van der Waals surface area contributed by atoms with Crippen molar-refractivity contribution in [2.45, 2.75) is 18.7 Å². The van der Waals surface area contributed by atoms with Crippen molar-refractivity contribution in [2.24, 2.45) is 0 Å². The third kappa shape index (κ3) is 5.09. The molecule has 0 saturated heterocycles. The van der Waals surface area contributed by atoms with E-state index in [1.54, 1.807) is 0 Å². The van der Waals surface area contributed by atoms with Crippen molar-refractivity contribution in [1.82, 2.24) is 15.0 Å². The predicted molar refractivity (Wildman–Crippen MR) is 105 cm³/mol. The lowest BCUT2D eigenvalue weighted by Crippen LogP contribution is -2.60. The highest BCUT2D eigenvalue weighted by atomic mass is 16.9. The van der Waals surface area contributed by atoms with Gasteiger partial charge in [0, 0.05) is 44.1 Å². The first-order valence-electron chi connectivity index (χ1n) is 9.07. The highest BCUT2D eigenvalue weighted by Gasteiger charge is 2.58. The summed E-state index contributed by atoms with van der Waals surface area (Å²) in [4.78, 5) is 48.7. The van der Waals surface area contributed by atoms with Gasteiger partial charge in [-0.15, -0.1) is 0 Å². The van der Waals surface area contributed by atoms with E-state index >= 15 is 0 Å². The van der Waals surface area contributed by atoms with Gasteiger partial charge in [-0.05, 0) is 36.4 Å². The zero-order chi connectivity index (χ0) is 23.2. The van der Waals surface area contributed by atoms with Crippen LogP contribution in [-0.4, -0.2) is 54.8 Å². The molecule has 3 aromatic heterocycles. The number of ether oxygens (including phenoxy) is 3. The van der Waals surface area contributed by atoms with Crippen LogP contribution in [0.15, 0.2) is 73.6 Å². The molecule has 0 amide bonds. The molecule has 0 aromatic carbocycles. The third-order valence-electron chi connectivity index (χ3n) is 4.09. The summed E-state index contributed by atoms with van der Waals surface area (Å²) in [5.74, 6) is -10.0. The number of hydrogen-bond donors (Lipinski definition) is 2. The van der Waals surface area contributed by atoms with Gasteiger partial charge in [0.1, 0.15) is 0 Å². The van der Waals surface area contributed by atoms with Crippen LogP contribution < -0.4 is 0 Å². The number of rotatable bonds is 7. The monoisotopic (exact) mass is 439 g/mol. The second-order valence-electron chi connectivity index (χ2n) is 6.45. The molecule has 3 heterocycles. The van der Waals surface area contributed by atoms with Crippen molar-refractivity contribution in [3.63, 3.8) is 0 Å². The number of esters is 3. The number of aromatic nitrogens is 3. The Kier molecular flexibility index (Phi) is 6.52. The van der Waals surface area contributed by atoms with Crippen LogP contribution >= 0.6 is 0 Å². The normalized spacial score (nSPS) is 11.3. The molecule has 0 fully saturated rings. The Bertz CT molecular complexity index is 1040. The molecule has 0 bridgehead atoms. The van der Waals surface area contributed by atoms with Gasteiger partial charge in [0.2, 0.25) is 0 Å². The van der Waals surface area contributed by atoms with Crippen molar-refractivity contribution in [3.8, 4) is 0 Å². The molecule has 11 heteroatoms. The minimum absolute atomic E-state index is 0.0921. The number of pyridine rings is 3. The molecular formula is C21H17N3O8. The Balaban J connectivity index is 1.91. The van der Waals surface area contributed by atoms with E-state index in [1.165, 1.54) is 55.0 Å². The van der Waals surface area contributed by atoms with Gasteiger partial charge in [-0.2, -0.15) is 0 Å². The minimum Gasteiger partial charge on any atom is -0.410 e. The van der Waals surface area contributed by atoms with E-state index in [4.69, 9.17) is 14.2 Å². The standard InChI is InChI=1S/C21H17N3O8/c1-20(30-17(25)14-5-2-8-22-11-14,31-18(26)15-6-3-9-23-12-15)21(28,29)32-19(27)16-7-4-10-24-13-16/h2-13,28-29H,1H3. The lowest BCUT2D eigenvalue weighted by atomic mass is 10.2. The predicted octanol–water partition coefficient (Wildman–Crippen LogP) is 1.10. The molecule has 164 valence electrons. The van der Waals surface area contributed by atoms with Gasteiger partial charge < -0.3 is 24.4 Å². The van der Waals surface area contributed by atoms with Crippen molar-refractivity contribution in [2.75, 3.05) is 0 Å². The van der Waals surface area contributed by atoms with Gasteiger partial charge >= 0.3 is 29.7 Å². The van der Waals surface area contributed by atoms with E-state index in [0.29, 0.717) is 0 Å². The number of nitrogens with zero attached hydrogens (tertiary/aromatic N) is 3. The summed E-state index contributed by atoms with van der Waals surface area (Å²) in [6.07, 6.45) is 7.58. The molecule has 0 spiro atoms. The second-order valence-corrected chi connectivity index (χ2v) is 6.45. The molecule has 0 radical (unpaired) electrons. The van der Waals surface area contributed by atoms with E-state index < -0.39 is 29.7 Å². The molecule has 0 saturated carbocycles. The second kappa shape index (κ2) is 9.29. The average Bonchev–Trinajstić information content (AvgIpc) is 2.80. The van der Waals surface area contributed by atoms with E-state index in [9.17, 15) is 24.6 Å². The first-order chi connectivity index (χ1) is 15.2. The number of aliphatic hydroxyl groups is 2. The van der Waals surface area contributed by atoms with Gasteiger partial charge in [-0.3, -0.25) is 15.0 Å². The molecular weight excluding hydrogens is 422 g/mol. The summed E-state index contributed by atoms with van der Waals surface area (Å²) in [5.41, 5.74) is -0.324. The maximum absolute atomic E-state index is 12.5. The van der Waals surface area contributed by atoms with E-state index in [0.717, 1.165) is 25.5 Å². The van der Waals surface area contributed by atoms with Crippen molar-refractivity contribution in [1.29, 1.82) is 0 Å². The SMILES string of the molecule is CC(OC(=O)c1cccnc1)(OC(=O)c1cccnc1)C(O)(O)OC(=O)c1cccnc1. The highest BCUT2D eigenvalue weighted by Crippen LogP contribution is 2.30. The summed E-state index contributed by atoms with van der Waals surface area (Å²) in [5, 5.41) is 21.1. The van der Waals surface area contributed by atoms with Gasteiger partial charge in [0.15, 0.2) is 0 Å². The quantitative estimate of drug-likeness (QED) is 0.401. The van der Waals surface area contributed by atoms with Crippen LogP contribution in [0.1, 0.15) is 38.0 Å². The molecule has 0 aliphatic heterocycles. The van der Waals surface area contributed by atoms with Crippen LogP contribution in [0.4, 0.5) is 0 Å². The Morgan fingerprint density at radius 1 is 0.688 bits per heavy atom. The Morgan fingerprint density at radius 2 is 1.03 bits per heavy atom.